The van der Waals surface area contributed by atoms with Gasteiger partial charge in [-0.3, -0.25) is 4.79 Å². The Bertz CT molecular complexity index is 195. The summed E-state index contributed by atoms with van der Waals surface area (Å²) in [7, 11) is 1.43. The summed E-state index contributed by atoms with van der Waals surface area (Å²) in [6.45, 7) is 5.29. The van der Waals surface area contributed by atoms with E-state index in [0.29, 0.717) is 5.92 Å². The van der Waals surface area contributed by atoms with Crippen molar-refractivity contribution >= 4 is 5.97 Å². The fraction of sp³-hybridized carbons (Fsp3) is 0.923. The standard InChI is InChI=1S/C13H27NO3/c1-11(2)10-12(13(16)17-3)14-8-6-4-5-7-9-15/h11-12,14-15H,4-10H2,1-3H3. The average molecular weight is 245 g/mol. The van der Waals surface area contributed by atoms with Crippen LogP contribution in [0.2, 0.25) is 0 Å². The van der Waals surface area contributed by atoms with E-state index in [1.165, 1.54) is 7.11 Å². The van der Waals surface area contributed by atoms with Crippen LogP contribution in [0.15, 0.2) is 0 Å². The van der Waals surface area contributed by atoms with Gasteiger partial charge in [0.2, 0.25) is 0 Å². The fourth-order valence-electron chi connectivity index (χ4n) is 1.74. The Hall–Kier alpha value is -0.610. The van der Waals surface area contributed by atoms with E-state index in [4.69, 9.17) is 9.84 Å². The highest BCUT2D eigenvalue weighted by molar-refractivity contribution is 5.75. The van der Waals surface area contributed by atoms with Gasteiger partial charge in [0, 0.05) is 6.61 Å². The molecule has 0 aliphatic rings. The number of hydrogen-bond donors (Lipinski definition) is 2. The number of hydrogen-bond acceptors (Lipinski definition) is 4. The highest BCUT2D eigenvalue weighted by Crippen LogP contribution is 2.06. The van der Waals surface area contributed by atoms with Crippen LogP contribution >= 0.6 is 0 Å². The molecule has 0 aromatic heterocycles. The minimum atomic E-state index is -0.183. The molecule has 1 unspecified atom stereocenters. The van der Waals surface area contributed by atoms with Gasteiger partial charge in [-0.15, -0.1) is 0 Å². The zero-order valence-corrected chi connectivity index (χ0v) is 11.4. The minimum absolute atomic E-state index is 0.172. The van der Waals surface area contributed by atoms with E-state index in [9.17, 15) is 4.79 Å². The van der Waals surface area contributed by atoms with Crippen LogP contribution in [0.3, 0.4) is 0 Å². The Balaban J connectivity index is 3.72. The molecular formula is C13H27NO3. The first kappa shape index (κ1) is 16.4. The normalized spacial score (nSPS) is 12.8. The molecule has 0 heterocycles. The molecule has 0 bridgehead atoms. The van der Waals surface area contributed by atoms with E-state index in [0.717, 1.165) is 38.6 Å². The molecule has 0 spiro atoms. The van der Waals surface area contributed by atoms with Crippen LogP contribution in [-0.2, 0) is 9.53 Å². The van der Waals surface area contributed by atoms with E-state index >= 15 is 0 Å². The van der Waals surface area contributed by atoms with Gasteiger partial charge in [0.05, 0.1) is 7.11 Å². The molecular weight excluding hydrogens is 218 g/mol. The number of unbranched alkanes of at least 4 members (excludes halogenated alkanes) is 3. The molecule has 0 rings (SSSR count). The van der Waals surface area contributed by atoms with E-state index in [2.05, 4.69) is 19.2 Å². The molecule has 0 fully saturated rings. The maximum absolute atomic E-state index is 11.5. The number of carbonyl (C=O) groups is 1. The molecule has 0 aliphatic heterocycles. The number of nitrogens with one attached hydrogen (secondary N) is 1. The number of carbonyl (C=O) groups excluding carboxylic acids is 1. The number of aliphatic hydroxyl groups is 1. The Morgan fingerprint density at radius 1 is 1.24 bits per heavy atom. The molecule has 0 saturated heterocycles. The maximum Gasteiger partial charge on any atom is 0.322 e. The largest absolute Gasteiger partial charge is 0.468 e. The van der Waals surface area contributed by atoms with Gasteiger partial charge in [0.15, 0.2) is 0 Å². The topological polar surface area (TPSA) is 58.6 Å². The predicted molar refractivity (Wildman–Crippen MR) is 68.8 cm³/mol. The third kappa shape index (κ3) is 9.12. The van der Waals surface area contributed by atoms with E-state index in [1.54, 1.807) is 0 Å². The SMILES string of the molecule is COC(=O)C(CC(C)C)NCCCCCCO. The van der Waals surface area contributed by atoms with Gasteiger partial charge in [-0.05, 0) is 31.7 Å². The first-order chi connectivity index (χ1) is 8.11. The number of esters is 1. The smallest absolute Gasteiger partial charge is 0.322 e. The molecule has 0 amide bonds. The van der Waals surface area contributed by atoms with Crippen LogP contribution in [-0.4, -0.2) is 37.4 Å². The summed E-state index contributed by atoms with van der Waals surface area (Å²) in [6, 6.07) is -0.183. The van der Waals surface area contributed by atoms with Crippen LogP contribution < -0.4 is 5.32 Å². The van der Waals surface area contributed by atoms with Gasteiger partial charge in [0.1, 0.15) is 6.04 Å². The van der Waals surface area contributed by atoms with Crippen molar-refractivity contribution in [2.24, 2.45) is 5.92 Å². The van der Waals surface area contributed by atoms with Crippen molar-refractivity contribution in [2.45, 2.75) is 52.0 Å². The Labute approximate surface area is 105 Å². The molecule has 17 heavy (non-hydrogen) atoms. The second kappa shape index (κ2) is 10.5. The minimum Gasteiger partial charge on any atom is -0.468 e. The van der Waals surface area contributed by atoms with Crippen molar-refractivity contribution in [1.82, 2.24) is 5.32 Å². The molecule has 0 radical (unpaired) electrons. The van der Waals surface area contributed by atoms with Gasteiger partial charge in [0.25, 0.3) is 0 Å². The molecule has 4 nitrogen and oxygen atoms in total. The van der Waals surface area contributed by atoms with Gasteiger partial charge in [-0.1, -0.05) is 26.7 Å². The van der Waals surface area contributed by atoms with Crippen LogP contribution in [0.5, 0.6) is 0 Å². The zero-order chi connectivity index (χ0) is 13.1. The van der Waals surface area contributed by atoms with E-state index < -0.39 is 0 Å². The molecule has 0 aromatic rings. The van der Waals surface area contributed by atoms with Crippen molar-refractivity contribution in [3.05, 3.63) is 0 Å². The number of aliphatic hydroxyl groups excluding tert-OH is 1. The molecule has 4 heteroatoms. The summed E-state index contributed by atoms with van der Waals surface area (Å²) in [5.41, 5.74) is 0. The summed E-state index contributed by atoms with van der Waals surface area (Å²) in [5, 5.41) is 11.9. The van der Waals surface area contributed by atoms with Crippen LogP contribution in [0.1, 0.15) is 46.0 Å². The quantitative estimate of drug-likeness (QED) is 0.454. The van der Waals surface area contributed by atoms with E-state index in [1.807, 2.05) is 0 Å². The van der Waals surface area contributed by atoms with Gasteiger partial charge >= 0.3 is 5.97 Å². The van der Waals surface area contributed by atoms with E-state index in [-0.39, 0.29) is 18.6 Å². The van der Waals surface area contributed by atoms with Gasteiger partial charge < -0.3 is 15.2 Å². The lowest BCUT2D eigenvalue weighted by molar-refractivity contribution is -0.143. The number of rotatable bonds is 10. The molecule has 0 saturated carbocycles. The van der Waals surface area contributed by atoms with Crippen molar-refractivity contribution in [1.29, 1.82) is 0 Å². The summed E-state index contributed by atoms with van der Waals surface area (Å²) < 4.78 is 4.77. The van der Waals surface area contributed by atoms with Crippen molar-refractivity contribution in [3.63, 3.8) is 0 Å². The predicted octanol–water partition coefficient (Wildman–Crippen LogP) is 1.72. The molecule has 0 aromatic carbocycles. The van der Waals surface area contributed by atoms with Crippen LogP contribution in [0.4, 0.5) is 0 Å². The van der Waals surface area contributed by atoms with Crippen molar-refractivity contribution < 1.29 is 14.6 Å². The molecule has 1 atom stereocenters. The Morgan fingerprint density at radius 3 is 2.41 bits per heavy atom. The zero-order valence-electron chi connectivity index (χ0n) is 11.4. The maximum atomic E-state index is 11.5. The number of ether oxygens (including phenoxy) is 1. The lowest BCUT2D eigenvalue weighted by atomic mass is 10.0. The third-order valence-electron chi connectivity index (χ3n) is 2.67. The molecule has 0 aliphatic carbocycles. The fourth-order valence-corrected chi connectivity index (χ4v) is 1.74. The second-order valence-electron chi connectivity index (χ2n) is 4.80. The lowest BCUT2D eigenvalue weighted by Gasteiger charge is -2.18. The van der Waals surface area contributed by atoms with Crippen LogP contribution in [0, 0.1) is 5.92 Å². The Morgan fingerprint density at radius 2 is 1.88 bits per heavy atom. The molecule has 2 N–H and O–H groups in total. The van der Waals surface area contributed by atoms with Crippen LogP contribution in [0.25, 0.3) is 0 Å². The summed E-state index contributed by atoms with van der Waals surface area (Å²) in [6.07, 6.45) is 4.84. The number of methoxy groups -OCH3 is 1. The van der Waals surface area contributed by atoms with Gasteiger partial charge in [-0.25, -0.2) is 0 Å². The monoisotopic (exact) mass is 245 g/mol. The second-order valence-corrected chi connectivity index (χ2v) is 4.80. The van der Waals surface area contributed by atoms with Crippen molar-refractivity contribution in [3.8, 4) is 0 Å². The highest BCUT2D eigenvalue weighted by atomic mass is 16.5. The Kier molecular flexibility index (Phi) is 10.2. The third-order valence-corrected chi connectivity index (χ3v) is 2.67. The first-order valence-corrected chi connectivity index (χ1v) is 6.53. The summed E-state index contributed by atoms with van der Waals surface area (Å²) >= 11 is 0. The van der Waals surface area contributed by atoms with Crippen molar-refractivity contribution in [2.75, 3.05) is 20.3 Å². The lowest BCUT2D eigenvalue weighted by Crippen LogP contribution is -2.39. The highest BCUT2D eigenvalue weighted by Gasteiger charge is 2.19. The first-order valence-electron chi connectivity index (χ1n) is 6.53. The molecule has 102 valence electrons. The average Bonchev–Trinajstić information content (AvgIpc) is 2.30. The summed E-state index contributed by atoms with van der Waals surface area (Å²) in [4.78, 5) is 11.5. The van der Waals surface area contributed by atoms with Gasteiger partial charge in [-0.2, -0.15) is 0 Å². The summed E-state index contributed by atoms with van der Waals surface area (Å²) in [5.74, 6) is 0.301.